The van der Waals surface area contributed by atoms with Crippen molar-refractivity contribution in [1.29, 1.82) is 0 Å². The number of carbonyl (C=O) groups is 2. The molecule has 0 unspecified atom stereocenters. The van der Waals surface area contributed by atoms with Crippen LogP contribution in [0, 0.1) is 0 Å². The first-order chi connectivity index (χ1) is 16.0. The van der Waals surface area contributed by atoms with Gasteiger partial charge in [0, 0.05) is 11.3 Å². The standard InChI is InChI=1S/C27H26N2O3S/c1-18(2)20-11-13-21(14-12-20)29-25(30)17-33-27(29)23-9-4-5-10-24(23)28(26(27)31)16-19-7-6-8-22(15-19)32-3/h4-15,18H,16-17H2,1-3H3/t27-/m0/s1. The third-order valence-electron chi connectivity index (χ3n) is 6.36. The van der Waals surface area contributed by atoms with Crippen molar-refractivity contribution in [1.82, 2.24) is 0 Å². The molecule has 5 rings (SSSR count). The van der Waals surface area contributed by atoms with Crippen LogP contribution in [0.15, 0.2) is 72.8 Å². The van der Waals surface area contributed by atoms with Crippen molar-refractivity contribution in [2.75, 3.05) is 22.7 Å². The van der Waals surface area contributed by atoms with Crippen LogP contribution in [0.1, 0.15) is 36.5 Å². The van der Waals surface area contributed by atoms with E-state index in [9.17, 15) is 9.59 Å². The average Bonchev–Trinajstić information content (AvgIpc) is 3.30. The maximum absolute atomic E-state index is 14.1. The number of carbonyl (C=O) groups excluding carboxylic acids is 2. The molecule has 1 fully saturated rings. The molecule has 168 valence electrons. The Kier molecular flexibility index (Phi) is 5.41. The van der Waals surface area contributed by atoms with E-state index in [1.165, 1.54) is 17.3 Å². The highest BCUT2D eigenvalue weighted by molar-refractivity contribution is 8.02. The van der Waals surface area contributed by atoms with Crippen molar-refractivity contribution in [3.05, 3.63) is 89.5 Å². The van der Waals surface area contributed by atoms with E-state index in [0.29, 0.717) is 12.5 Å². The molecular weight excluding hydrogens is 432 g/mol. The lowest BCUT2D eigenvalue weighted by Gasteiger charge is -2.33. The van der Waals surface area contributed by atoms with Crippen LogP contribution < -0.4 is 14.5 Å². The van der Waals surface area contributed by atoms with Gasteiger partial charge in [0.05, 0.1) is 25.1 Å². The first-order valence-electron chi connectivity index (χ1n) is 11.1. The zero-order valence-corrected chi connectivity index (χ0v) is 19.8. The van der Waals surface area contributed by atoms with Crippen LogP contribution in [0.4, 0.5) is 11.4 Å². The van der Waals surface area contributed by atoms with Crippen molar-refractivity contribution in [3.63, 3.8) is 0 Å². The minimum atomic E-state index is -1.09. The zero-order valence-electron chi connectivity index (χ0n) is 18.9. The fourth-order valence-electron chi connectivity index (χ4n) is 4.67. The molecule has 1 saturated heterocycles. The number of fused-ring (bicyclic) bond motifs is 2. The maximum Gasteiger partial charge on any atom is 0.269 e. The molecule has 6 heteroatoms. The van der Waals surface area contributed by atoms with Crippen LogP contribution in [0.5, 0.6) is 5.75 Å². The fourth-order valence-corrected chi connectivity index (χ4v) is 6.03. The molecule has 33 heavy (non-hydrogen) atoms. The lowest BCUT2D eigenvalue weighted by Crippen LogP contribution is -2.49. The second-order valence-corrected chi connectivity index (χ2v) is 9.84. The Bertz CT molecular complexity index is 1220. The van der Waals surface area contributed by atoms with E-state index in [4.69, 9.17) is 4.74 Å². The van der Waals surface area contributed by atoms with E-state index >= 15 is 0 Å². The van der Waals surface area contributed by atoms with E-state index in [0.717, 1.165) is 28.3 Å². The number of para-hydroxylation sites is 1. The van der Waals surface area contributed by atoms with Crippen molar-refractivity contribution < 1.29 is 14.3 Å². The third-order valence-corrected chi connectivity index (χ3v) is 7.74. The second-order valence-electron chi connectivity index (χ2n) is 8.67. The molecule has 0 radical (unpaired) electrons. The monoisotopic (exact) mass is 458 g/mol. The van der Waals surface area contributed by atoms with Gasteiger partial charge in [-0.25, -0.2) is 0 Å². The third kappa shape index (κ3) is 3.40. The highest BCUT2D eigenvalue weighted by Gasteiger charge is 2.60. The van der Waals surface area contributed by atoms with Gasteiger partial charge in [0.2, 0.25) is 10.8 Å². The lowest BCUT2D eigenvalue weighted by atomic mass is 10.0. The summed E-state index contributed by atoms with van der Waals surface area (Å²) in [7, 11) is 1.63. The smallest absolute Gasteiger partial charge is 0.269 e. The highest BCUT2D eigenvalue weighted by atomic mass is 32.2. The number of hydrogen-bond donors (Lipinski definition) is 0. The van der Waals surface area contributed by atoms with Crippen molar-refractivity contribution in [3.8, 4) is 5.75 Å². The SMILES string of the molecule is COc1cccc(CN2C(=O)[C@@]3(SCC(=O)N3c3ccc(C(C)C)cc3)c3ccccc32)c1. The van der Waals surface area contributed by atoms with Crippen LogP contribution in [-0.2, 0) is 21.0 Å². The Morgan fingerprint density at radius 2 is 1.76 bits per heavy atom. The van der Waals surface area contributed by atoms with Gasteiger partial charge in [-0.1, -0.05) is 56.3 Å². The van der Waals surface area contributed by atoms with Crippen LogP contribution >= 0.6 is 11.8 Å². The van der Waals surface area contributed by atoms with Gasteiger partial charge in [-0.05, 0) is 47.4 Å². The van der Waals surface area contributed by atoms with E-state index in [2.05, 4.69) is 13.8 Å². The van der Waals surface area contributed by atoms with Crippen LogP contribution in [0.2, 0.25) is 0 Å². The minimum Gasteiger partial charge on any atom is -0.497 e. The first kappa shape index (κ1) is 21.6. The molecule has 0 saturated carbocycles. The Morgan fingerprint density at radius 3 is 2.48 bits per heavy atom. The summed E-state index contributed by atoms with van der Waals surface area (Å²) >= 11 is 1.41. The van der Waals surface area contributed by atoms with Gasteiger partial charge in [0.25, 0.3) is 5.91 Å². The van der Waals surface area contributed by atoms with Crippen LogP contribution in [0.3, 0.4) is 0 Å². The molecule has 5 nitrogen and oxygen atoms in total. The van der Waals surface area contributed by atoms with E-state index in [1.54, 1.807) is 16.9 Å². The summed E-state index contributed by atoms with van der Waals surface area (Å²) in [4.78, 5) is 29.7. The Morgan fingerprint density at radius 1 is 1.00 bits per heavy atom. The molecular formula is C27H26N2O3S. The van der Waals surface area contributed by atoms with E-state index < -0.39 is 4.87 Å². The van der Waals surface area contributed by atoms with Gasteiger partial charge >= 0.3 is 0 Å². The number of thioether (sulfide) groups is 1. The van der Waals surface area contributed by atoms with Crippen molar-refractivity contribution in [2.24, 2.45) is 0 Å². The fraction of sp³-hybridized carbons (Fsp3) is 0.259. The molecule has 1 spiro atoms. The Labute approximate surface area is 198 Å². The predicted octanol–water partition coefficient (Wildman–Crippen LogP) is 5.30. The molecule has 0 N–H and O–H groups in total. The number of anilines is 2. The van der Waals surface area contributed by atoms with Gasteiger partial charge < -0.3 is 9.64 Å². The van der Waals surface area contributed by atoms with Crippen molar-refractivity contribution in [2.45, 2.75) is 31.2 Å². The summed E-state index contributed by atoms with van der Waals surface area (Å²) in [6.07, 6.45) is 0. The summed E-state index contributed by atoms with van der Waals surface area (Å²) in [6, 6.07) is 23.6. The summed E-state index contributed by atoms with van der Waals surface area (Å²) in [6.45, 7) is 4.69. The quantitative estimate of drug-likeness (QED) is 0.521. The predicted molar refractivity (Wildman–Crippen MR) is 133 cm³/mol. The van der Waals surface area contributed by atoms with Gasteiger partial charge in [-0.15, -0.1) is 11.8 Å². The molecule has 2 aliphatic rings. The number of rotatable bonds is 5. The van der Waals surface area contributed by atoms with Gasteiger partial charge in [-0.3, -0.25) is 14.5 Å². The summed E-state index contributed by atoms with van der Waals surface area (Å²) < 4.78 is 5.36. The number of amides is 2. The molecule has 3 aromatic rings. The Balaban J connectivity index is 1.59. The molecule has 2 aliphatic heterocycles. The van der Waals surface area contributed by atoms with E-state index in [1.807, 2.05) is 72.8 Å². The van der Waals surface area contributed by atoms with Crippen LogP contribution in [0.25, 0.3) is 0 Å². The van der Waals surface area contributed by atoms with Gasteiger partial charge in [0.15, 0.2) is 0 Å². The minimum absolute atomic E-state index is 0.0521. The second kappa shape index (κ2) is 8.27. The summed E-state index contributed by atoms with van der Waals surface area (Å²) in [5, 5.41) is 0. The van der Waals surface area contributed by atoms with Crippen molar-refractivity contribution >= 4 is 35.0 Å². The number of ether oxygens (including phenoxy) is 1. The summed E-state index contributed by atoms with van der Waals surface area (Å²) in [5.41, 5.74) is 4.63. The zero-order chi connectivity index (χ0) is 23.2. The molecule has 3 aromatic carbocycles. The molecule has 1 atom stereocenters. The molecule has 0 bridgehead atoms. The lowest BCUT2D eigenvalue weighted by molar-refractivity contribution is -0.123. The number of nitrogens with zero attached hydrogens (tertiary/aromatic N) is 2. The first-order valence-corrected chi connectivity index (χ1v) is 12.1. The van der Waals surface area contributed by atoms with E-state index in [-0.39, 0.29) is 17.6 Å². The highest BCUT2D eigenvalue weighted by Crippen LogP contribution is 2.56. The maximum atomic E-state index is 14.1. The summed E-state index contributed by atoms with van der Waals surface area (Å²) in [5.74, 6) is 1.27. The largest absolute Gasteiger partial charge is 0.497 e. The normalized spacial score (nSPS) is 19.6. The average molecular weight is 459 g/mol. The molecule has 2 amide bonds. The molecule has 0 aliphatic carbocycles. The van der Waals surface area contributed by atoms with Gasteiger partial charge in [0.1, 0.15) is 5.75 Å². The number of benzene rings is 3. The van der Waals surface area contributed by atoms with Gasteiger partial charge in [-0.2, -0.15) is 0 Å². The topological polar surface area (TPSA) is 49.9 Å². The van der Waals surface area contributed by atoms with Crippen LogP contribution in [-0.4, -0.2) is 24.7 Å². The molecule has 2 heterocycles. The molecule has 0 aromatic heterocycles. The Hall–Kier alpha value is -3.25. The number of methoxy groups -OCH3 is 1. The number of hydrogen-bond acceptors (Lipinski definition) is 4.